The fourth-order valence-electron chi connectivity index (χ4n) is 5.58. The Morgan fingerprint density at radius 1 is 0.364 bits per heavy atom. The van der Waals surface area contributed by atoms with E-state index in [1.54, 1.807) is 0 Å². The Balaban J connectivity index is 0.00000103. The molecule has 0 aromatic heterocycles. The average molecular weight is 783 g/mol. The van der Waals surface area contributed by atoms with E-state index < -0.39 is 40.4 Å². The van der Waals surface area contributed by atoms with E-state index in [1.807, 2.05) is 0 Å². The van der Waals surface area contributed by atoms with Crippen molar-refractivity contribution >= 4 is 8.60 Å². The van der Waals surface area contributed by atoms with E-state index in [0.29, 0.717) is 0 Å². The van der Waals surface area contributed by atoms with Gasteiger partial charge in [-0.25, -0.2) is 0 Å². The second-order valence-electron chi connectivity index (χ2n) is 21.3. The van der Waals surface area contributed by atoms with Crippen molar-refractivity contribution in [3.05, 3.63) is 88.0 Å². The van der Waals surface area contributed by atoms with Crippen molar-refractivity contribution in [3.8, 4) is 17.2 Å². The van der Waals surface area contributed by atoms with Gasteiger partial charge in [-0.05, 0) is 67.4 Å². The Morgan fingerprint density at radius 3 is 0.727 bits per heavy atom. The Labute approximate surface area is 335 Å². The van der Waals surface area contributed by atoms with E-state index in [0.717, 1.165) is 33.9 Å². The van der Waals surface area contributed by atoms with Crippen LogP contribution >= 0.6 is 8.60 Å². The van der Waals surface area contributed by atoms with Crippen molar-refractivity contribution in [2.24, 2.45) is 5.41 Å². The molecule has 0 heterocycles. The lowest BCUT2D eigenvalue weighted by atomic mass is 9.80. The minimum absolute atomic E-state index is 0.0170. The summed E-state index contributed by atoms with van der Waals surface area (Å²) in [6.07, 6.45) is 0. The quantitative estimate of drug-likeness (QED) is 0.152. The van der Waals surface area contributed by atoms with Gasteiger partial charge in [0.15, 0.2) is 0 Å². The molecule has 3 rings (SSSR count). The number of benzene rings is 3. The summed E-state index contributed by atoms with van der Waals surface area (Å²) in [5.41, 5.74) is 5.74. The first-order chi connectivity index (χ1) is 24.8. The Hall–Kier alpha value is -2.67. The second kappa shape index (κ2) is 17.9. The summed E-state index contributed by atoms with van der Waals surface area (Å²) in [6.45, 7) is 38.7. The molecule has 0 saturated carbocycles. The molecule has 0 atom stereocenters. The predicted octanol–water partition coefficient (Wildman–Crippen LogP) is 11.2. The predicted molar refractivity (Wildman–Crippen MR) is 231 cm³/mol. The molecule has 310 valence electrons. The summed E-state index contributed by atoms with van der Waals surface area (Å²) >= 11 is 0. The minimum atomic E-state index is -1.89. The van der Waals surface area contributed by atoms with Crippen molar-refractivity contribution in [1.82, 2.24) is 0 Å². The highest BCUT2D eigenvalue weighted by Gasteiger charge is 2.33. The zero-order chi connectivity index (χ0) is 42.6. The zero-order valence-corrected chi connectivity index (χ0v) is 38.4. The molecule has 55 heavy (non-hydrogen) atoms. The van der Waals surface area contributed by atoms with Gasteiger partial charge >= 0.3 is 8.60 Å². The Morgan fingerprint density at radius 2 is 0.582 bits per heavy atom. The van der Waals surface area contributed by atoms with Crippen LogP contribution < -0.4 is 13.6 Å². The SMILES string of the molecule is CC(C)(C)c1ccc(OP(Oc2ccc(C(C)(C)C)cc2C(C)(C)C)Oc2ccc(C(C)(C)C)cc2C(C)(C)C)c(C(C)(C)C)c1.OCC(CO)(CO)CO. The van der Waals surface area contributed by atoms with Crippen LogP contribution in [0.15, 0.2) is 54.6 Å². The Bertz CT molecular complexity index is 1480. The molecule has 7 nitrogen and oxygen atoms in total. The van der Waals surface area contributed by atoms with Crippen LogP contribution in [-0.4, -0.2) is 46.9 Å². The van der Waals surface area contributed by atoms with E-state index in [9.17, 15) is 0 Å². The van der Waals surface area contributed by atoms with Gasteiger partial charge in [-0.2, -0.15) is 0 Å². The molecule has 0 bridgehead atoms. The molecule has 0 aliphatic carbocycles. The highest BCUT2D eigenvalue weighted by molar-refractivity contribution is 7.43. The van der Waals surface area contributed by atoms with E-state index in [1.165, 1.54) is 16.7 Å². The standard InChI is InChI=1S/C42H63O3P.C5H12O4/c1-37(2,3)28-19-22-34(31(25-28)40(10,11)12)43-46(44-35-23-20-29(38(4,5)6)26-32(35)41(13,14)15)45-36-24-21-30(39(7,8)9)27-33(36)42(16,17)18;6-1-5(2-7,3-8)4-9/h19-27H,1-18H3;6-9H,1-4H2. The third-order valence-electron chi connectivity index (χ3n) is 9.82. The lowest BCUT2D eigenvalue weighted by molar-refractivity contribution is -0.0328. The third kappa shape index (κ3) is 13.5. The van der Waals surface area contributed by atoms with Gasteiger partial charge in [0.05, 0.1) is 31.8 Å². The van der Waals surface area contributed by atoms with Crippen LogP contribution in [0.2, 0.25) is 0 Å². The van der Waals surface area contributed by atoms with Crippen molar-refractivity contribution < 1.29 is 34.0 Å². The first kappa shape index (κ1) is 48.5. The molecule has 3 aromatic carbocycles. The van der Waals surface area contributed by atoms with Gasteiger partial charge in [0.2, 0.25) is 0 Å². The molecule has 0 fully saturated rings. The summed E-state index contributed by atoms with van der Waals surface area (Å²) in [7, 11) is -1.89. The van der Waals surface area contributed by atoms with Crippen LogP contribution in [0.3, 0.4) is 0 Å². The van der Waals surface area contributed by atoms with Gasteiger partial charge in [0.1, 0.15) is 17.2 Å². The molecule has 0 radical (unpaired) electrons. The summed E-state index contributed by atoms with van der Waals surface area (Å²) in [4.78, 5) is 0. The average Bonchev–Trinajstić information content (AvgIpc) is 3.04. The monoisotopic (exact) mass is 783 g/mol. The molecular weight excluding hydrogens is 707 g/mol. The number of aliphatic hydroxyl groups excluding tert-OH is 4. The molecule has 0 aliphatic heterocycles. The molecule has 0 saturated heterocycles. The molecule has 0 aliphatic rings. The van der Waals surface area contributed by atoms with Gasteiger partial charge in [0.25, 0.3) is 0 Å². The number of hydrogen-bond acceptors (Lipinski definition) is 7. The van der Waals surface area contributed by atoms with Crippen molar-refractivity contribution in [3.63, 3.8) is 0 Å². The van der Waals surface area contributed by atoms with Crippen molar-refractivity contribution in [2.75, 3.05) is 26.4 Å². The molecule has 0 spiro atoms. The summed E-state index contributed by atoms with van der Waals surface area (Å²) in [5, 5.41) is 34.0. The Kier molecular flexibility index (Phi) is 15.7. The normalized spacial score (nSPS) is 13.4. The van der Waals surface area contributed by atoms with Gasteiger partial charge in [-0.3, -0.25) is 0 Å². The maximum atomic E-state index is 8.50. The number of rotatable bonds is 10. The van der Waals surface area contributed by atoms with Crippen LogP contribution in [0.25, 0.3) is 0 Å². The maximum absolute atomic E-state index is 8.50. The summed E-state index contributed by atoms with van der Waals surface area (Å²) in [5.74, 6) is 2.37. The smallest absolute Gasteiger partial charge is 0.408 e. The van der Waals surface area contributed by atoms with Crippen LogP contribution in [0.4, 0.5) is 0 Å². The fraction of sp³-hybridized carbons (Fsp3) is 0.617. The maximum Gasteiger partial charge on any atom is 0.530 e. The molecule has 4 N–H and O–H groups in total. The van der Waals surface area contributed by atoms with Gasteiger partial charge in [0, 0.05) is 16.7 Å². The molecule has 0 unspecified atom stereocenters. The first-order valence-electron chi connectivity index (χ1n) is 19.6. The van der Waals surface area contributed by atoms with Crippen molar-refractivity contribution in [2.45, 2.75) is 157 Å². The van der Waals surface area contributed by atoms with E-state index >= 15 is 0 Å². The van der Waals surface area contributed by atoms with E-state index in [2.05, 4.69) is 179 Å². The molecule has 3 aromatic rings. The lowest BCUT2D eigenvalue weighted by Gasteiger charge is -2.31. The first-order valence-corrected chi connectivity index (χ1v) is 20.6. The van der Waals surface area contributed by atoms with Gasteiger partial charge < -0.3 is 34.0 Å². The molecule has 8 heteroatoms. The third-order valence-corrected chi connectivity index (χ3v) is 10.9. The number of hydrogen-bond donors (Lipinski definition) is 4. The highest BCUT2D eigenvalue weighted by atomic mass is 31.2. The summed E-state index contributed by atoms with van der Waals surface area (Å²) in [6, 6.07) is 19.7. The summed E-state index contributed by atoms with van der Waals surface area (Å²) < 4.78 is 20.7. The lowest BCUT2D eigenvalue weighted by Crippen LogP contribution is -2.37. The minimum Gasteiger partial charge on any atom is -0.408 e. The van der Waals surface area contributed by atoms with Crippen LogP contribution in [-0.2, 0) is 32.5 Å². The van der Waals surface area contributed by atoms with Crippen LogP contribution in [0.1, 0.15) is 158 Å². The topological polar surface area (TPSA) is 109 Å². The van der Waals surface area contributed by atoms with Gasteiger partial charge in [-0.1, -0.05) is 161 Å². The fourth-order valence-corrected chi connectivity index (χ4v) is 6.65. The van der Waals surface area contributed by atoms with Gasteiger partial charge in [-0.15, -0.1) is 0 Å². The van der Waals surface area contributed by atoms with Crippen LogP contribution in [0, 0.1) is 5.41 Å². The van der Waals surface area contributed by atoms with Crippen LogP contribution in [0.5, 0.6) is 17.2 Å². The van der Waals surface area contributed by atoms with E-state index in [4.69, 9.17) is 34.0 Å². The molecule has 0 amide bonds. The zero-order valence-electron chi connectivity index (χ0n) is 37.5. The largest absolute Gasteiger partial charge is 0.530 e. The molecular formula is C47H75O7P. The van der Waals surface area contributed by atoms with Crippen molar-refractivity contribution in [1.29, 1.82) is 0 Å². The van der Waals surface area contributed by atoms with E-state index in [-0.39, 0.29) is 32.5 Å². The number of aliphatic hydroxyl groups is 4. The second-order valence-corrected chi connectivity index (χ2v) is 22.3. The highest BCUT2D eigenvalue weighted by Crippen LogP contribution is 2.50.